The number of aromatic amines is 1. The Kier molecular flexibility index (Phi) is 5.82. The third-order valence-electron chi connectivity index (χ3n) is 5.45. The minimum atomic E-state index is 0.759. The topological polar surface area (TPSA) is 28.1 Å². The van der Waals surface area contributed by atoms with Crippen molar-refractivity contribution < 1.29 is 0 Å². The van der Waals surface area contributed by atoms with Crippen LogP contribution < -0.4 is 0 Å². The van der Waals surface area contributed by atoms with Gasteiger partial charge in [0.25, 0.3) is 0 Å². The first-order valence-corrected chi connectivity index (χ1v) is 10.5. The minimum absolute atomic E-state index is 0.759. The number of aliphatic imine (C=N–C) groups is 1. The summed E-state index contributed by atoms with van der Waals surface area (Å²) in [5, 5.41) is 2.08. The fourth-order valence-electron chi connectivity index (χ4n) is 3.63. The summed E-state index contributed by atoms with van der Waals surface area (Å²) in [6, 6.07) is 23.2. The molecular weight excluding hydrogens is 376 g/mol. The number of benzene rings is 3. The molecule has 4 rings (SSSR count). The van der Waals surface area contributed by atoms with E-state index < -0.39 is 0 Å². The number of rotatable bonds is 6. The lowest BCUT2D eigenvalue weighted by Crippen LogP contribution is -1.98. The largest absolute Gasteiger partial charge is 0.361 e. The van der Waals surface area contributed by atoms with Gasteiger partial charge in [-0.05, 0) is 71.8 Å². The van der Waals surface area contributed by atoms with Gasteiger partial charge in [-0.15, -0.1) is 0 Å². The maximum absolute atomic E-state index is 5.98. The van der Waals surface area contributed by atoms with E-state index in [1.165, 1.54) is 33.2 Å². The normalized spacial score (nSPS) is 11.9. The van der Waals surface area contributed by atoms with Gasteiger partial charge in [0.2, 0.25) is 0 Å². The van der Waals surface area contributed by atoms with Crippen molar-refractivity contribution in [2.45, 2.75) is 26.7 Å². The molecule has 0 aliphatic rings. The molecule has 0 fully saturated rings. The van der Waals surface area contributed by atoms with Gasteiger partial charge >= 0.3 is 0 Å². The fraction of sp³-hybridized carbons (Fsp3) is 0.192. The molecule has 0 aliphatic carbocycles. The number of hydrogen-bond donors (Lipinski definition) is 1. The van der Waals surface area contributed by atoms with E-state index in [1.54, 1.807) is 0 Å². The molecule has 0 saturated heterocycles. The highest BCUT2D eigenvalue weighted by Crippen LogP contribution is 2.23. The maximum Gasteiger partial charge on any atom is 0.0456 e. The van der Waals surface area contributed by atoms with Crippen LogP contribution >= 0.6 is 11.6 Å². The molecule has 0 saturated carbocycles. The van der Waals surface area contributed by atoms with Crippen LogP contribution in [0.25, 0.3) is 22.0 Å². The number of hydrogen-bond acceptors (Lipinski definition) is 1. The van der Waals surface area contributed by atoms with E-state index in [0.717, 1.165) is 35.7 Å². The molecule has 1 aromatic heterocycles. The first-order valence-electron chi connectivity index (χ1n) is 10.1. The molecule has 29 heavy (non-hydrogen) atoms. The number of halogens is 1. The van der Waals surface area contributed by atoms with Crippen LogP contribution in [0.4, 0.5) is 0 Å². The molecule has 0 bridgehead atoms. The van der Waals surface area contributed by atoms with Crippen molar-refractivity contribution in [3.63, 3.8) is 0 Å². The highest BCUT2D eigenvalue weighted by atomic mass is 35.5. The number of H-pyrrole nitrogens is 1. The Morgan fingerprint density at radius 1 is 0.931 bits per heavy atom. The molecule has 2 nitrogen and oxygen atoms in total. The van der Waals surface area contributed by atoms with Crippen molar-refractivity contribution >= 4 is 28.2 Å². The van der Waals surface area contributed by atoms with Gasteiger partial charge in [-0.3, -0.25) is 4.99 Å². The molecule has 1 heterocycles. The van der Waals surface area contributed by atoms with Crippen LogP contribution in [0.15, 0.2) is 77.9 Å². The minimum Gasteiger partial charge on any atom is -0.361 e. The van der Waals surface area contributed by atoms with Crippen molar-refractivity contribution in [3.8, 4) is 11.1 Å². The standard InChI is InChI=1S/C26H25ClN2/c1-3-19-4-13-26-25(16-19)23(17-29-26)14-15-28-18(2)20-5-7-21(8-6-20)22-9-11-24(27)12-10-22/h4-13,16-17,29H,3,14-15H2,1-2H3. The summed E-state index contributed by atoms with van der Waals surface area (Å²) >= 11 is 5.98. The van der Waals surface area contributed by atoms with Gasteiger partial charge in [0.1, 0.15) is 0 Å². The van der Waals surface area contributed by atoms with Crippen molar-refractivity contribution in [1.29, 1.82) is 0 Å². The zero-order valence-electron chi connectivity index (χ0n) is 16.9. The molecule has 0 amide bonds. The van der Waals surface area contributed by atoms with Gasteiger partial charge in [0.15, 0.2) is 0 Å². The quantitative estimate of drug-likeness (QED) is 0.334. The fourth-order valence-corrected chi connectivity index (χ4v) is 3.76. The summed E-state index contributed by atoms with van der Waals surface area (Å²) in [6.45, 7) is 5.06. The molecule has 3 heteroatoms. The van der Waals surface area contributed by atoms with Crippen molar-refractivity contribution in [1.82, 2.24) is 4.98 Å². The number of nitrogens with zero attached hydrogens (tertiary/aromatic N) is 1. The predicted octanol–water partition coefficient (Wildman–Crippen LogP) is 7.10. The summed E-state index contributed by atoms with van der Waals surface area (Å²) in [5.41, 5.74) is 8.50. The molecule has 0 atom stereocenters. The lowest BCUT2D eigenvalue weighted by molar-refractivity contribution is 0.974. The lowest BCUT2D eigenvalue weighted by atomic mass is 10.0. The van der Waals surface area contributed by atoms with Crippen LogP contribution in [0, 0.1) is 0 Å². The molecule has 0 unspecified atom stereocenters. The summed E-state index contributed by atoms with van der Waals surface area (Å²) in [5.74, 6) is 0. The second-order valence-electron chi connectivity index (χ2n) is 7.35. The van der Waals surface area contributed by atoms with Crippen LogP contribution in [-0.4, -0.2) is 17.2 Å². The maximum atomic E-state index is 5.98. The molecule has 0 spiro atoms. The SMILES string of the molecule is CCc1ccc2[nH]cc(CCN=C(C)c3ccc(-c4ccc(Cl)cc4)cc3)c2c1. The summed E-state index contributed by atoms with van der Waals surface area (Å²) in [4.78, 5) is 8.20. The highest BCUT2D eigenvalue weighted by molar-refractivity contribution is 6.30. The Morgan fingerprint density at radius 3 is 2.31 bits per heavy atom. The molecule has 0 aliphatic heterocycles. The first-order chi connectivity index (χ1) is 14.1. The average Bonchev–Trinajstić information content (AvgIpc) is 3.16. The molecular formula is C26H25ClN2. The summed E-state index contributed by atoms with van der Waals surface area (Å²) in [6.07, 6.45) is 4.12. The molecule has 0 radical (unpaired) electrons. The molecule has 4 aromatic rings. The number of nitrogens with one attached hydrogen (secondary N) is 1. The Labute approximate surface area is 177 Å². The lowest BCUT2D eigenvalue weighted by Gasteiger charge is -2.05. The van der Waals surface area contributed by atoms with Gasteiger partial charge < -0.3 is 4.98 Å². The summed E-state index contributed by atoms with van der Waals surface area (Å²) < 4.78 is 0. The van der Waals surface area contributed by atoms with E-state index in [0.29, 0.717) is 0 Å². The van der Waals surface area contributed by atoms with E-state index in [1.807, 2.05) is 24.3 Å². The molecule has 146 valence electrons. The Hall–Kier alpha value is -2.84. The van der Waals surface area contributed by atoms with Gasteiger partial charge in [-0.1, -0.05) is 61.0 Å². The Bertz CT molecular complexity index is 1140. The first kappa shape index (κ1) is 19.5. The average molecular weight is 401 g/mol. The van der Waals surface area contributed by atoms with Crippen molar-refractivity contribution in [3.05, 3.63) is 94.6 Å². The van der Waals surface area contributed by atoms with Gasteiger partial charge in [0, 0.05) is 34.4 Å². The number of fused-ring (bicyclic) bond motifs is 1. The zero-order valence-corrected chi connectivity index (χ0v) is 17.6. The Morgan fingerprint density at radius 2 is 1.62 bits per heavy atom. The van der Waals surface area contributed by atoms with Crippen LogP contribution in [0.5, 0.6) is 0 Å². The van der Waals surface area contributed by atoms with E-state index in [2.05, 4.69) is 67.5 Å². The van der Waals surface area contributed by atoms with Crippen LogP contribution in [-0.2, 0) is 12.8 Å². The van der Waals surface area contributed by atoms with E-state index in [9.17, 15) is 0 Å². The Balaban J connectivity index is 1.44. The third kappa shape index (κ3) is 4.44. The number of aromatic nitrogens is 1. The second-order valence-corrected chi connectivity index (χ2v) is 7.79. The van der Waals surface area contributed by atoms with E-state index >= 15 is 0 Å². The van der Waals surface area contributed by atoms with Crippen molar-refractivity contribution in [2.24, 2.45) is 4.99 Å². The molecule has 1 N–H and O–H groups in total. The monoisotopic (exact) mass is 400 g/mol. The smallest absolute Gasteiger partial charge is 0.0456 e. The van der Waals surface area contributed by atoms with Crippen LogP contribution in [0.2, 0.25) is 5.02 Å². The van der Waals surface area contributed by atoms with Gasteiger partial charge in [-0.2, -0.15) is 0 Å². The van der Waals surface area contributed by atoms with Crippen LogP contribution in [0.3, 0.4) is 0 Å². The predicted molar refractivity (Wildman–Crippen MR) is 125 cm³/mol. The van der Waals surface area contributed by atoms with E-state index in [4.69, 9.17) is 16.6 Å². The zero-order chi connectivity index (χ0) is 20.2. The number of aryl methyl sites for hydroxylation is 1. The van der Waals surface area contributed by atoms with Crippen LogP contribution in [0.1, 0.15) is 30.5 Å². The third-order valence-corrected chi connectivity index (χ3v) is 5.70. The summed E-state index contributed by atoms with van der Waals surface area (Å²) in [7, 11) is 0. The highest BCUT2D eigenvalue weighted by Gasteiger charge is 2.05. The van der Waals surface area contributed by atoms with E-state index in [-0.39, 0.29) is 0 Å². The van der Waals surface area contributed by atoms with Gasteiger partial charge in [0.05, 0.1) is 0 Å². The second kappa shape index (κ2) is 8.67. The molecule has 3 aromatic carbocycles. The van der Waals surface area contributed by atoms with Crippen molar-refractivity contribution in [2.75, 3.05) is 6.54 Å². The van der Waals surface area contributed by atoms with Gasteiger partial charge in [-0.25, -0.2) is 0 Å².